The number of cyclic esters (lactones) is 1. The van der Waals surface area contributed by atoms with Crippen molar-refractivity contribution in [1.82, 2.24) is 4.90 Å². The van der Waals surface area contributed by atoms with Crippen molar-refractivity contribution in [3.8, 4) is 0 Å². The summed E-state index contributed by atoms with van der Waals surface area (Å²) in [5, 5.41) is 23.5. The first-order chi connectivity index (χ1) is 32.4. The molecule has 1 saturated carbocycles. The van der Waals surface area contributed by atoms with E-state index in [0.29, 0.717) is 50.5 Å². The Morgan fingerprint density at radius 3 is 2.20 bits per heavy atom. The van der Waals surface area contributed by atoms with Gasteiger partial charge in [-0.1, -0.05) is 71.1 Å². The van der Waals surface area contributed by atoms with Gasteiger partial charge in [-0.15, -0.1) is 0 Å². The van der Waals surface area contributed by atoms with Crippen LogP contribution in [0, 0.1) is 35.5 Å². The van der Waals surface area contributed by atoms with Gasteiger partial charge in [-0.05, 0) is 127 Å². The van der Waals surface area contributed by atoms with Gasteiger partial charge in [-0.2, -0.15) is 0 Å². The van der Waals surface area contributed by atoms with E-state index in [1.807, 2.05) is 58.1 Å². The van der Waals surface area contributed by atoms with Gasteiger partial charge >= 0.3 is 5.97 Å². The van der Waals surface area contributed by atoms with Crippen LogP contribution in [-0.4, -0.2) is 135 Å². The highest BCUT2D eigenvalue weighted by Crippen LogP contribution is 2.38. The largest absolute Gasteiger partial charge is 0.460 e. The molecule has 2 saturated heterocycles. The second-order valence-corrected chi connectivity index (χ2v) is 26.3. The number of methoxy groups -OCH3 is 3. The number of carbonyl (C=O) groups is 5. The Labute approximate surface area is 414 Å². The molecule has 3 fully saturated rings. The van der Waals surface area contributed by atoms with Crippen molar-refractivity contribution in [2.45, 2.75) is 200 Å². The van der Waals surface area contributed by atoms with Crippen LogP contribution in [0.2, 0.25) is 19.6 Å². The molecular weight excluding hydrogens is 899 g/mol. The van der Waals surface area contributed by atoms with Crippen LogP contribution in [0.3, 0.4) is 0 Å². The van der Waals surface area contributed by atoms with E-state index in [4.69, 9.17) is 28.1 Å². The number of nitrogens with zero attached hydrogens (tertiary/aromatic N) is 1. The lowest BCUT2D eigenvalue weighted by molar-refractivity contribution is -0.265. The van der Waals surface area contributed by atoms with Gasteiger partial charge in [0, 0.05) is 58.5 Å². The topological polar surface area (TPSA) is 184 Å². The van der Waals surface area contributed by atoms with Crippen molar-refractivity contribution in [3.05, 3.63) is 47.6 Å². The van der Waals surface area contributed by atoms with Crippen LogP contribution in [0.15, 0.2) is 47.6 Å². The molecule has 0 radical (unpaired) electrons. The van der Waals surface area contributed by atoms with Crippen LogP contribution in [0.5, 0.6) is 0 Å². The van der Waals surface area contributed by atoms with E-state index < -0.39 is 86.1 Å². The number of hydrogen-bond acceptors (Lipinski definition) is 13. The maximum atomic E-state index is 14.5. The van der Waals surface area contributed by atoms with E-state index in [0.717, 1.165) is 24.8 Å². The number of fused-ring (bicyclic) bond motifs is 3. The van der Waals surface area contributed by atoms with Gasteiger partial charge in [0.25, 0.3) is 11.7 Å². The standard InChI is InChI=1S/C54H87NO13Si/c1-33-19-15-14-16-20-34(2)45(63-8)31-41-24-22-39(7)54(62,67-41)51(59)52(60)55-26-18-17-21-42(55)53(61)66-46(36(4)29-40-23-25-44(47(30-40)64-9)68-69(11,12)13)32-43(56)35(3)28-38(6)49(58)50(65-10)48(57)37(5)27-33/h14-16,19-20,28,33,35-37,39-42,44-47,49-50,58,62H,17-18,21-27,29-32H2,1-13H3/b16-14+,19-15+,34-20+,38-28+/t33-,35-,36-,37-,39-,40+,41+,42?,44-,45+,46?,47-,49-,50+,54-/m1/s1. The molecule has 0 aromatic carbocycles. The average Bonchev–Trinajstić information content (AvgIpc) is 3.30. The van der Waals surface area contributed by atoms with Crippen molar-refractivity contribution in [2.75, 3.05) is 27.9 Å². The monoisotopic (exact) mass is 986 g/mol. The Morgan fingerprint density at radius 1 is 0.841 bits per heavy atom. The van der Waals surface area contributed by atoms with E-state index >= 15 is 0 Å². The molecule has 3 aliphatic heterocycles. The number of aliphatic hydroxyl groups excluding tert-OH is 1. The first-order valence-corrected chi connectivity index (χ1v) is 29.0. The van der Waals surface area contributed by atoms with E-state index in [1.54, 1.807) is 41.1 Å². The molecule has 69 heavy (non-hydrogen) atoms. The zero-order valence-electron chi connectivity index (χ0n) is 44.1. The predicted molar refractivity (Wildman–Crippen MR) is 267 cm³/mol. The zero-order valence-corrected chi connectivity index (χ0v) is 45.1. The first kappa shape index (κ1) is 58.4. The third-order valence-corrected chi connectivity index (χ3v) is 16.0. The maximum absolute atomic E-state index is 14.5. The van der Waals surface area contributed by atoms with Gasteiger partial charge < -0.3 is 43.2 Å². The van der Waals surface area contributed by atoms with Gasteiger partial charge in [0.15, 0.2) is 14.1 Å². The summed E-state index contributed by atoms with van der Waals surface area (Å²) in [5.74, 6) is -7.72. The van der Waals surface area contributed by atoms with E-state index in [-0.39, 0.29) is 60.9 Å². The Kier molecular flexibility index (Phi) is 22.4. The average molecular weight is 986 g/mol. The van der Waals surface area contributed by atoms with Gasteiger partial charge in [-0.3, -0.25) is 19.2 Å². The summed E-state index contributed by atoms with van der Waals surface area (Å²) in [6.45, 7) is 19.4. The Bertz CT molecular complexity index is 1870. The molecule has 1 aliphatic carbocycles. The summed E-state index contributed by atoms with van der Waals surface area (Å²) in [6.07, 6.45) is 12.8. The number of rotatable bonds is 8. The third-order valence-electron chi connectivity index (χ3n) is 15.0. The van der Waals surface area contributed by atoms with E-state index in [9.17, 15) is 34.2 Å². The van der Waals surface area contributed by atoms with E-state index in [2.05, 4.69) is 19.6 Å². The number of aliphatic hydroxyl groups is 2. The highest BCUT2D eigenvalue weighted by Gasteiger charge is 2.53. The highest BCUT2D eigenvalue weighted by molar-refractivity contribution is 6.69. The Morgan fingerprint density at radius 2 is 1.55 bits per heavy atom. The SMILES string of the molecule is CO[C@H]1C[C@@H]2CC[C@@H](C)[C@@](O)(O2)C(=O)C(=O)N2CCCCC2C(=O)OC([C@H](C)C[C@@H]2CC[C@@H](O[Si](C)(C)C)[C@H](OC)C2)CC(=O)[C@H](C)/C=C(\C)[C@@H](O)[C@@H](OC)C(=O)[C@H](C)C[C@H](C)/C=C/C=C/C=C/1C. The molecule has 0 spiro atoms. The van der Waals surface area contributed by atoms with Crippen LogP contribution < -0.4 is 0 Å². The molecule has 2 bridgehead atoms. The molecular formula is C54H87NO13Si. The van der Waals surface area contributed by atoms with Gasteiger partial charge in [-0.25, -0.2) is 4.79 Å². The molecule has 15 atom stereocenters. The van der Waals surface area contributed by atoms with Crippen molar-refractivity contribution >= 4 is 37.5 Å². The lowest BCUT2D eigenvalue weighted by Crippen LogP contribution is -2.61. The van der Waals surface area contributed by atoms with Crippen molar-refractivity contribution in [3.63, 3.8) is 0 Å². The minimum atomic E-state index is -2.42. The van der Waals surface area contributed by atoms with Crippen molar-refractivity contribution < 1.29 is 62.3 Å². The predicted octanol–water partition coefficient (Wildman–Crippen LogP) is 8.04. The van der Waals surface area contributed by atoms with Crippen molar-refractivity contribution in [2.24, 2.45) is 35.5 Å². The molecule has 2 unspecified atom stereocenters. The van der Waals surface area contributed by atoms with Crippen LogP contribution in [0.4, 0.5) is 0 Å². The molecule has 4 aliphatic rings. The fraction of sp³-hybridized carbons (Fsp3) is 0.759. The number of esters is 1. The minimum Gasteiger partial charge on any atom is -0.460 e. The number of allylic oxidation sites excluding steroid dienone is 6. The Balaban J connectivity index is 1.70. The zero-order chi connectivity index (χ0) is 51.4. The maximum Gasteiger partial charge on any atom is 0.329 e. The van der Waals surface area contributed by atoms with Gasteiger partial charge in [0.05, 0.1) is 24.4 Å². The van der Waals surface area contributed by atoms with Crippen LogP contribution in [-0.2, 0) is 52.1 Å². The fourth-order valence-electron chi connectivity index (χ4n) is 10.7. The molecule has 0 aromatic heterocycles. The molecule has 15 heteroatoms. The first-order valence-electron chi connectivity index (χ1n) is 25.6. The lowest BCUT2D eigenvalue weighted by Gasteiger charge is -2.42. The molecule has 4 rings (SSSR count). The molecule has 2 N–H and O–H groups in total. The minimum absolute atomic E-state index is 0.0132. The van der Waals surface area contributed by atoms with E-state index in [1.165, 1.54) is 12.0 Å². The number of carbonyl (C=O) groups excluding carboxylic acids is 5. The highest BCUT2D eigenvalue weighted by atomic mass is 28.4. The normalized spacial score (nSPS) is 39.0. The number of Topliss-reactive ketones (excluding diaryl/α,β-unsaturated/α-hetero) is 3. The molecule has 14 nitrogen and oxygen atoms in total. The number of piperidine rings is 1. The number of ketones is 3. The summed E-state index contributed by atoms with van der Waals surface area (Å²) in [5.41, 5.74) is 1.29. The van der Waals surface area contributed by atoms with Gasteiger partial charge in [0.1, 0.15) is 30.1 Å². The summed E-state index contributed by atoms with van der Waals surface area (Å²) in [7, 11) is 2.84. The lowest BCUT2D eigenvalue weighted by atomic mass is 9.78. The summed E-state index contributed by atoms with van der Waals surface area (Å²) in [4.78, 5) is 72.4. The quantitative estimate of drug-likeness (QED) is 0.103. The molecule has 0 aromatic rings. The van der Waals surface area contributed by atoms with Crippen molar-refractivity contribution in [1.29, 1.82) is 0 Å². The number of hydrogen-bond donors (Lipinski definition) is 2. The molecule has 390 valence electrons. The van der Waals surface area contributed by atoms with Gasteiger partial charge in [0.2, 0.25) is 5.79 Å². The van der Waals surface area contributed by atoms with Crippen LogP contribution in [0.25, 0.3) is 0 Å². The summed E-state index contributed by atoms with van der Waals surface area (Å²) >= 11 is 0. The Hall–Kier alpha value is -3.15. The molecule has 3 heterocycles. The van der Waals surface area contributed by atoms with Crippen LogP contribution in [0.1, 0.15) is 126 Å². The summed E-state index contributed by atoms with van der Waals surface area (Å²) in [6, 6.07) is -1.13. The second kappa shape index (κ2) is 26.5. The number of ether oxygens (including phenoxy) is 5. The smallest absolute Gasteiger partial charge is 0.329 e. The number of amides is 1. The van der Waals surface area contributed by atoms with Crippen LogP contribution >= 0.6 is 0 Å². The molecule has 1 amide bonds. The third kappa shape index (κ3) is 16.2. The second-order valence-electron chi connectivity index (χ2n) is 21.8. The summed E-state index contributed by atoms with van der Waals surface area (Å²) < 4.78 is 36.4. The fourth-order valence-corrected chi connectivity index (χ4v) is 11.9.